The summed E-state index contributed by atoms with van der Waals surface area (Å²) >= 11 is 0. The molecule has 0 radical (unpaired) electrons. The van der Waals surface area contributed by atoms with E-state index in [0.29, 0.717) is 13.1 Å². The minimum absolute atomic E-state index is 0. The summed E-state index contributed by atoms with van der Waals surface area (Å²) in [5.74, 6) is 0. The highest BCUT2D eigenvalue weighted by molar-refractivity contribution is 5.85. The largest absolute Gasteiger partial charge is 0.392 e. The van der Waals surface area contributed by atoms with E-state index in [-0.39, 0.29) is 18.5 Å². The highest BCUT2D eigenvalue weighted by Crippen LogP contribution is 2.19. The van der Waals surface area contributed by atoms with Gasteiger partial charge in [0.1, 0.15) is 11.4 Å². The van der Waals surface area contributed by atoms with Crippen molar-refractivity contribution < 1.29 is 5.11 Å². The van der Waals surface area contributed by atoms with Gasteiger partial charge < -0.3 is 10.4 Å². The molecule has 0 fully saturated rings. The van der Waals surface area contributed by atoms with Crippen molar-refractivity contribution in [2.24, 2.45) is 0 Å². The molecule has 0 bridgehead atoms. The van der Waals surface area contributed by atoms with Gasteiger partial charge in [0, 0.05) is 18.7 Å². The summed E-state index contributed by atoms with van der Waals surface area (Å²) in [5, 5.41) is 21.4. The van der Waals surface area contributed by atoms with Crippen molar-refractivity contribution >= 4 is 12.4 Å². The van der Waals surface area contributed by atoms with E-state index in [1.807, 2.05) is 37.3 Å². The highest BCUT2D eigenvalue weighted by atomic mass is 35.5. The minimum Gasteiger partial charge on any atom is -0.392 e. The van der Waals surface area contributed by atoms with Gasteiger partial charge in [-0.05, 0) is 13.8 Å². The number of halogens is 1. The number of nitrogens with one attached hydrogen (secondary N) is 1. The van der Waals surface area contributed by atoms with E-state index in [0.717, 1.165) is 23.5 Å². The van der Waals surface area contributed by atoms with Gasteiger partial charge in [-0.25, -0.2) is 0 Å². The summed E-state index contributed by atoms with van der Waals surface area (Å²) in [6, 6.07) is 10.0. The second-order valence-corrected chi connectivity index (χ2v) is 4.53. The predicted molar refractivity (Wildman–Crippen MR) is 81.8 cm³/mol. The Hall–Kier alpha value is -1.43. The first-order chi connectivity index (χ1) is 9.20. The fourth-order valence-electron chi connectivity index (χ4n) is 1.86. The summed E-state index contributed by atoms with van der Waals surface area (Å²) in [5.41, 5.74) is 2.88. The molecule has 0 aliphatic rings. The van der Waals surface area contributed by atoms with Crippen LogP contribution in [0.5, 0.6) is 0 Å². The van der Waals surface area contributed by atoms with E-state index in [1.165, 1.54) is 0 Å². The molecule has 0 saturated heterocycles. The average Bonchev–Trinajstić information content (AvgIpc) is 2.83. The molecule has 0 spiro atoms. The lowest BCUT2D eigenvalue weighted by Gasteiger charge is -2.05. The summed E-state index contributed by atoms with van der Waals surface area (Å²) in [6.07, 6.45) is -0.360. The van der Waals surface area contributed by atoms with Gasteiger partial charge in [-0.3, -0.25) is 0 Å². The van der Waals surface area contributed by atoms with Crippen LogP contribution in [-0.4, -0.2) is 32.7 Å². The van der Waals surface area contributed by atoms with E-state index in [9.17, 15) is 5.11 Å². The average molecular weight is 297 g/mol. The monoisotopic (exact) mass is 296 g/mol. The van der Waals surface area contributed by atoms with Crippen LogP contribution in [0, 0.1) is 0 Å². The fraction of sp³-hybridized carbons (Fsp3) is 0.429. The second-order valence-electron chi connectivity index (χ2n) is 4.53. The number of aromatic nitrogens is 3. The molecule has 1 aromatic heterocycles. The quantitative estimate of drug-likeness (QED) is 0.854. The lowest BCUT2D eigenvalue weighted by atomic mass is 10.1. The molecule has 110 valence electrons. The lowest BCUT2D eigenvalue weighted by molar-refractivity contribution is 0.191. The van der Waals surface area contributed by atoms with Crippen molar-refractivity contribution in [3.63, 3.8) is 0 Å². The molecule has 2 N–H and O–H groups in total. The van der Waals surface area contributed by atoms with E-state index in [4.69, 9.17) is 0 Å². The number of aliphatic hydroxyl groups is 1. The van der Waals surface area contributed by atoms with Gasteiger partial charge in [0.05, 0.1) is 12.6 Å². The van der Waals surface area contributed by atoms with E-state index < -0.39 is 0 Å². The van der Waals surface area contributed by atoms with Crippen LogP contribution in [0.15, 0.2) is 30.3 Å². The Morgan fingerprint density at radius 1 is 1.25 bits per heavy atom. The van der Waals surface area contributed by atoms with Crippen molar-refractivity contribution in [1.82, 2.24) is 20.3 Å². The maximum Gasteiger partial charge on any atom is 0.117 e. The number of hydrogen-bond acceptors (Lipinski definition) is 4. The second kappa shape index (κ2) is 7.99. The third-order valence-corrected chi connectivity index (χ3v) is 2.79. The van der Waals surface area contributed by atoms with E-state index in [2.05, 4.69) is 15.5 Å². The number of rotatable bonds is 6. The molecule has 0 aliphatic heterocycles. The van der Waals surface area contributed by atoms with Crippen molar-refractivity contribution in [1.29, 1.82) is 0 Å². The number of benzene rings is 1. The van der Waals surface area contributed by atoms with Crippen molar-refractivity contribution in [2.75, 3.05) is 6.54 Å². The zero-order valence-corrected chi connectivity index (χ0v) is 12.6. The number of aliphatic hydroxyl groups excluding tert-OH is 1. The fourth-order valence-corrected chi connectivity index (χ4v) is 1.86. The van der Waals surface area contributed by atoms with Gasteiger partial charge in [-0.15, -0.1) is 12.4 Å². The first-order valence-electron chi connectivity index (χ1n) is 6.59. The van der Waals surface area contributed by atoms with Gasteiger partial charge in [-0.1, -0.05) is 30.3 Å². The molecule has 1 atom stereocenters. The van der Waals surface area contributed by atoms with Crippen LogP contribution < -0.4 is 5.32 Å². The van der Waals surface area contributed by atoms with E-state index >= 15 is 0 Å². The molecular formula is C14H21ClN4O. The Morgan fingerprint density at radius 3 is 2.55 bits per heavy atom. The van der Waals surface area contributed by atoms with E-state index in [1.54, 1.807) is 11.7 Å². The number of hydrogen-bond donors (Lipinski definition) is 2. The van der Waals surface area contributed by atoms with Crippen LogP contribution in [0.2, 0.25) is 0 Å². The standard InChI is InChI=1S/C14H20N4O.ClH/c1-3-18-16-13(10-15-9-11(2)19)14(17-18)12-7-5-4-6-8-12;/h4-8,11,15,19H,3,9-10H2,1-2H3;1H. The first-order valence-corrected chi connectivity index (χ1v) is 6.59. The number of aryl methyl sites for hydroxylation is 1. The Morgan fingerprint density at radius 2 is 1.95 bits per heavy atom. The molecule has 2 rings (SSSR count). The molecule has 5 nitrogen and oxygen atoms in total. The maximum absolute atomic E-state index is 9.26. The van der Waals surface area contributed by atoms with Crippen LogP contribution in [-0.2, 0) is 13.1 Å². The Labute approximate surface area is 125 Å². The zero-order chi connectivity index (χ0) is 13.7. The Balaban J connectivity index is 0.00000200. The highest BCUT2D eigenvalue weighted by Gasteiger charge is 2.12. The minimum atomic E-state index is -0.360. The molecular weight excluding hydrogens is 276 g/mol. The van der Waals surface area contributed by atoms with Crippen molar-refractivity contribution in [3.8, 4) is 11.3 Å². The van der Waals surface area contributed by atoms with Crippen LogP contribution in [0.1, 0.15) is 19.5 Å². The SMILES string of the molecule is CCn1nc(CNCC(C)O)c(-c2ccccc2)n1.Cl. The van der Waals surface area contributed by atoms with Crippen LogP contribution in [0.3, 0.4) is 0 Å². The summed E-state index contributed by atoms with van der Waals surface area (Å²) in [7, 11) is 0. The molecule has 0 aliphatic carbocycles. The van der Waals surface area contributed by atoms with Crippen molar-refractivity contribution in [2.45, 2.75) is 33.0 Å². The topological polar surface area (TPSA) is 63.0 Å². The Bertz CT molecular complexity index is 513. The summed E-state index contributed by atoms with van der Waals surface area (Å²) in [4.78, 5) is 1.70. The summed E-state index contributed by atoms with van der Waals surface area (Å²) < 4.78 is 0. The Kier molecular flexibility index (Phi) is 6.64. The van der Waals surface area contributed by atoms with Crippen molar-refractivity contribution in [3.05, 3.63) is 36.0 Å². The van der Waals surface area contributed by atoms with Gasteiger partial charge in [-0.2, -0.15) is 15.0 Å². The predicted octanol–water partition coefficient (Wildman–Crippen LogP) is 1.86. The normalized spacial score (nSPS) is 11.9. The van der Waals surface area contributed by atoms with Gasteiger partial charge >= 0.3 is 0 Å². The molecule has 0 saturated carbocycles. The molecule has 6 heteroatoms. The third-order valence-electron chi connectivity index (χ3n) is 2.79. The van der Waals surface area contributed by atoms with Gasteiger partial charge in [0.25, 0.3) is 0 Å². The van der Waals surface area contributed by atoms with Crippen LogP contribution >= 0.6 is 12.4 Å². The molecule has 0 amide bonds. The van der Waals surface area contributed by atoms with Gasteiger partial charge in [0.15, 0.2) is 0 Å². The molecule has 20 heavy (non-hydrogen) atoms. The smallest absolute Gasteiger partial charge is 0.117 e. The molecule has 1 unspecified atom stereocenters. The zero-order valence-electron chi connectivity index (χ0n) is 11.8. The lowest BCUT2D eigenvalue weighted by Crippen LogP contribution is -2.24. The number of nitrogens with zero attached hydrogens (tertiary/aromatic N) is 3. The first kappa shape index (κ1) is 16.6. The molecule has 1 aromatic carbocycles. The molecule has 1 heterocycles. The van der Waals surface area contributed by atoms with Gasteiger partial charge in [0.2, 0.25) is 0 Å². The third kappa shape index (κ3) is 4.30. The van der Waals surface area contributed by atoms with Crippen LogP contribution in [0.25, 0.3) is 11.3 Å². The van der Waals surface area contributed by atoms with Crippen LogP contribution in [0.4, 0.5) is 0 Å². The molecule has 2 aromatic rings. The maximum atomic E-state index is 9.26. The summed E-state index contributed by atoms with van der Waals surface area (Å²) in [6.45, 7) is 5.67.